The van der Waals surface area contributed by atoms with Gasteiger partial charge in [-0.05, 0) is 44.4 Å². The Hall–Kier alpha value is -0.900. The van der Waals surface area contributed by atoms with Gasteiger partial charge < -0.3 is 4.74 Å². The molecular formula is C12H15NO2S. The van der Waals surface area contributed by atoms with Gasteiger partial charge in [-0.3, -0.25) is 0 Å². The van der Waals surface area contributed by atoms with Gasteiger partial charge in [0.25, 0.3) is 0 Å². The summed E-state index contributed by atoms with van der Waals surface area (Å²) in [5.74, 6) is -0.258. The van der Waals surface area contributed by atoms with E-state index < -0.39 is 0 Å². The monoisotopic (exact) mass is 237 g/mol. The number of rotatable bonds is 2. The number of fused-ring (bicyclic) bond motifs is 1. The molecular weight excluding hydrogens is 222 g/mol. The molecule has 1 aromatic heterocycles. The number of esters is 1. The van der Waals surface area contributed by atoms with Crippen molar-refractivity contribution in [3.05, 3.63) is 15.6 Å². The van der Waals surface area contributed by atoms with Crippen molar-refractivity contribution in [2.75, 3.05) is 6.61 Å². The van der Waals surface area contributed by atoms with E-state index in [0.29, 0.717) is 17.0 Å². The summed E-state index contributed by atoms with van der Waals surface area (Å²) in [5, 5.41) is 0.546. The van der Waals surface area contributed by atoms with Crippen LogP contribution in [0.3, 0.4) is 0 Å². The summed E-state index contributed by atoms with van der Waals surface area (Å²) in [4.78, 5) is 17.3. The van der Waals surface area contributed by atoms with Gasteiger partial charge in [0.1, 0.15) is 0 Å². The maximum absolute atomic E-state index is 11.6. The van der Waals surface area contributed by atoms with Gasteiger partial charge in [-0.25, -0.2) is 9.78 Å². The van der Waals surface area contributed by atoms with Crippen LogP contribution in [-0.2, 0) is 17.6 Å². The molecule has 0 saturated heterocycles. The predicted molar refractivity (Wildman–Crippen MR) is 61.8 cm³/mol. The van der Waals surface area contributed by atoms with Crippen LogP contribution in [0.15, 0.2) is 0 Å². The van der Waals surface area contributed by atoms with Gasteiger partial charge in [0.15, 0.2) is 0 Å². The molecule has 2 aliphatic rings. The number of ether oxygens (including phenoxy) is 1. The Balaban J connectivity index is 1.83. The van der Waals surface area contributed by atoms with Crippen molar-refractivity contribution < 1.29 is 9.53 Å². The first kappa shape index (κ1) is 10.3. The third-order valence-corrected chi connectivity index (χ3v) is 4.69. The molecule has 86 valence electrons. The highest BCUT2D eigenvalue weighted by Crippen LogP contribution is 2.55. The minimum Gasteiger partial charge on any atom is -0.461 e. The van der Waals surface area contributed by atoms with Crippen molar-refractivity contribution in [3.8, 4) is 0 Å². The van der Waals surface area contributed by atoms with Crippen LogP contribution in [0.5, 0.6) is 0 Å². The van der Waals surface area contributed by atoms with E-state index in [1.807, 2.05) is 6.92 Å². The standard InChI is InChI=1S/C12H15NO2S/c1-2-15-11(14)10-13-8-3-4-12(5-6-12)7-9(8)16-10/h2-7H2,1H3. The molecule has 0 aromatic carbocycles. The molecule has 0 N–H and O–H groups in total. The van der Waals surface area contributed by atoms with Gasteiger partial charge in [-0.2, -0.15) is 0 Å². The van der Waals surface area contributed by atoms with Crippen molar-refractivity contribution in [3.63, 3.8) is 0 Å². The number of nitrogens with zero attached hydrogens (tertiary/aromatic N) is 1. The highest BCUT2D eigenvalue weighted by molar-refractivity contribution is 7.13. The van der Waals surface area contributed by atoms with Gasteiger partial charge in [-0.15, -0.1) is 11.3 Å². The summed E-state index contributed by atoms with van der Waals surface area (Å²) in [6.07, 6.45) is 6.16. The summed E-state index contributed by atoms with van der Waals surface area (Å²) in [7, 11) is 0. The highest BCUT2D eigenvalue weighted by Gasteiger charge is 2.45. The summed E-state index contributed by atoms with van der Waals surface area (Å²) < 4.78 is 4.98. The van der Waals surface area contributed by atoms with E-state index in [-0.39, 0.29) is 5.97 Å². The van der Waals surface area contributed by atoms with Gasteiger partial charge >= 0.3 is 5.97 Å². The number of carbonyl (C=O) groups excluding carboxylic acids is 1. The Labute approximate surface area is 98.8 Å². The lowest BCUT2D eigenvalue weighted by atomic mass is 9.88. The quantitative estimate of drug-likeness (QED) is 0.742. The van der Waals surface area contributed by atoms with Crippen LogP contribution < -0.4 is 0 Å². The van der Waals surface area contributed by atoms with Gasteiger partial charge in [0.05, 0.1) is 12.3 Å². The smallest absolute Gasteiger partial charge is 0.367 e. The van der Waals surface area contributed by atoms with E-state index in [1.54, 1.807) is 11.3 Å². The zero-order chi connectivity index (χ0) is 11.2. The molecule has 4 heteroatoms. The first-order valence-electron chi connectivity index (χ1n) is 5.88. The Morgan fingerprint density at radius 2 is 2.31 bits per heavy atom. The normalized spacial score (nSPS) is 20.6. The van der Waals surface area contributed by atoms with E-state index >= 15 is 0 Å². The molecule has 3 rings (SSSR count). The van der Waals surface area contributed by atoms with Crippen LogP contribution in [0.1, 0.15) is 46.6 Å². The molecule has 1 spiro atoms. The number of thiazole rings is 1. The topological polar surface area (TPSA) is 39.2 Å². The van der Waals surface area contributed by atoms with E-state index in [4.69, 9.17) is 4.74 Å². The fraction of sp³-hybridized carbons (Fsp3) is 0.667. The summed E-state index contributed by atoms with van der Waals surface area (Å²) in [5.41, 5.74) is 1.73. The number of hydrogen-bond acceptors (Lipinski definition) is 4. The summed E-state index contributed by atoms with van der Waals surface area (Å²) in [6.45, 7) is 2.25. The van der Waals surface area contributed by atoms with Crippen LogP contribution in [0.25, 0.3) is 0 Å². The van der Waals surface area contributed by atoms with Crippen LogP contribution >= 0.6 is 11.3 Å². The number of aromatic nitrogens is 1. The lowest BCUT2D eigenvalue weighted by molar-refractivity contribution is 0.0525. The molecule has 0 aliphatic heterocycles. The Bertz CT molecular complexity index is 434. The van der Waals surface area contributed by atoms with E-state index in [2.05, 4.69) is 4.98 Å². The second-order valence-electron chi connectivity index (χ2n) is 4.79. The second-order valence-corrected chi connectivity index (χ2v) is 5.87. The van der Waals surface area contributed by atoms with Gasteiger partial charge in [0, 0.05) is 4.88 Å². The third kappa shape index (κ3) is 1.65. The van der Waals surface area contributed by atoms with Crippen LogP contribution in [0.2, 0.25) is 0 Å². The number of aryl methyl sites for hydroxylation is 1. The SMILES string of the molecule is CCOC(=O)c1nc2c(s1)CC1(CC2)CC1. The van der Waals surface area contributed by atoms with E-state index in [9.17, 15) is 4.79 Å². The lowest BCUT2D eigenvalue weighted by Gasteiger charge is -2.19. The molecule has 1 saturated carbocycles. The lowest BCUT2D eigenvalue weighted by Crippen LogP contribution is -2.13. The van der Waals surface area contributed by atoms with E-state index in [1.165, 1.54) is 24.1 Å². The zero-order valence-corrected chi connectivity index (χ0v) is 10.2. The van der Waals surface area contributed by atoms with Gasteiger partial charge in [-0.1, -0.05) is 0 Å². The van der Waals surface area contributed by atoms with Crippen molar-refractivity contribution in [1.82, 2.24) is 4.98 Å². The Morgan fingerprint density at radius 3 is 3.00 bits per heavy atom. The van der Waals surface area contributed by atoms with Crippen molar-refractivity contribution in [2.24, 2.45) is 5.41 Å². The minimum absolute atomic E-state index is 0.258. The number of carbonyl (C=O) groups is 1. The fourth-order valence-electron chi connectivity index (χ4n) is 2.41. The van der Waals surface area contributed by atoms with Crippen LogP contribution in [0.4, 0.5) is 0 Å². The molecule has 0 atom stereocenters. The van der Waals surface area contributed by atoms with E-state index in [0.717, 1.165) is 18.5 Å². The molecule has 0 radical (unpaired) electrons. The molecule has 0 bridgehead atoms. The molecule has 1 aromatic rings. The first-order chi connectivity index (χ1) is 7.72. The molecule has 16 heavy (non-hydrogen) atoms. The maximum atomic E-state index is 11.6. The van der Waals surface area contributed by atoms with Gasteiger partial charge in [0.2, 0.25) is 5.01 Å². The minimum atomic E-state index is -0.258. The Kier molecular flexibility index (Phi) is 2.28. The maximum Gasteiger partial charge on any atom is 0.367 e. The zero-order valence-electron chi connectivity index (χ0n) is 9.41. The largest absolute Gasteiger partial charge is 0.461 e. The molecule has 0 amide bonds. The predicted octanol–water partition coefficient (Wildman–Crippen LogP) is 2.59. The first-order valence-corrected chi connectivity index (χ1v) is 6.70. The van der Waals surface area contributed by atoms with Crippen molar-refractivity contribution in [1.29, 1.82) is 0 Å². The summed E-state index contributed by atoms with van der Waals surface area (Å²) >= 11 is 1.54. The third-order valence-electron chi connectivity index (χ3n) is 3.61. The molecule has 2 aliphatic carbocycles. The average molecular weight is 237 g/mol. The highest BCUT2D eigenvalue weighted by atomic mass is 32.1. The molecule has 1 fully saturated rings. The van der Waals surface area contributed by atoms with Crippen LogP contribution in [-0.4, -0.2) is 17.6 Å². The number of hydrogen-bond donors (Lipinski definition) is 0. The molecule has 1 heterocycles. The van der Waals surface area contributed by atoms with Crippen molar-refractivity contribution in [2.45, 2.75) is 39.0 Å². The molecule has 3 nitrogen and oxygen atoms in total. The van der Waals surface area contributed by atoms with Crippen LogP contribution in [0, 0.1) is 5.41 Å². The summed E-state index contributed by atoms with van der Waals surface area (Å²) in [6, 6.07) is 0. The fourth-order valence-corrected chi connectivity index (χ4v) is 3.59. The van der Waals surface area contributed by atoms with Crippen molar-refractivity contribution >= 4 is 17.3 Å². The molecule has 0 unspecified atom stereocenters. The Morgan fingerprint density at radius 1 is 1.50 bits per heavy atom. The average Bonchev–Trinajstić information content (AvgIpc) is 2.88. The second kappa shape index (κ2) is 3.55.